The summed E-state index contributed by atoms with van der Waals surface area (Å²) in [6, 6.07) is 32.5. The van der Waals surface area contributed by atoms with Gasteiger partial charge in [0, 0.05) is 0 Å². The van der Waals surface area contributed by atoms with E-state index >= 15 is 0 Å². The number of hydrogen-bond acceptors (Lipinski definition) is 1. The van der Waals surface area contributed by atoms with E-state index in [9.17, 15) is 0 Å². The molecule has 0 atom stereocenters. The molecule has 0 spiro atoms. The summed E-state index contributed by atoms with van der Waals surface area (Å²) in [6.45, 7) is 0. The Morgan fingerprint density at radius 1 is 0.600 bits per heavy atom. The molecule has 0 amide bonds. The van der Waals surface area contributed by atoms with Crippen molar-refractivity contribution in [2.45, 2.75) is 0 Å². The van der Waals surface area contributed by atoms with Crippen LogP contribution in [0.3, 0.4) is 0 Å². The number of rotatable bonds is 3. The standard InChI is InChI=1S/C18H15P.C3H3N2.Au/c1-4-10-16(11-5-1)19(17-12-6-2-7-13-17)18-14-8-3-9-15-18;1-2-5-3-4-1;/h1-15H;1-3H;/q;-1;+1/p+1. The van der Waals surface area contributed by atoms with Crippen molar-refractivity contribution >= 4 is 23.8 Å². The first kappa shape index (κ1) is 19.4. The van der Waals surface area contributed by atoms with Crippen molar-refractivity contribution in [3.05, 3.63) is 110 Å². The van der Waals surface area contributed by atoms with E-state index in [2.05, 4.69) is 101 Å². The fourth-order valence-corrected chi connectivity index (χ4v) is 5.08. The van der Waals surface area contributed by atoms with Crippen LogP contribution in [0.4, 0.5) is 0 Å². The van der Waals surface area contributed by atoms with Crippen LogP contribution in [-0.4, -0.2) is 4.98 Å². The van der Waals surface area contributed by atoms with Crippen molar-refractivity contribution in [1.29, 1.82) is 0 Å². The molecular weight excluding hydrogens is 508 g/mol. The average Bonchev–Trinajstić information content (AvgIpc) is 3.25. The van der Waals surface area contributed by atoms with Gasteiger partial charge in [-0.15, -0.1) is 0 Å². The van der Waals surface area contributed by atoms with Gasteiger partial charge in [-0.05, 0) is 36.4 Å². The smallest absolute Gasteiger partial charge is 0.450 e. The summed E-state index contributed by atoms with van der Waals surface area (Å²) in [5, 5.41) is 4.31. The van der Waals surface area contributed by atoms with Crippen molar-refractivity contribution in [2.75, 3.05) is 0 Å². The second kappa shape index (κ2) is 10.8. The second-order valence-corrected chi connectivity index (χ2v) is 7.67. The molecule has 0 saturated carbocycles. The number of benzene rings is 3. The van der Waals surface area contributed by atoms with E-state index < -0.39 is 7.92 Å². The molecule has 0 aliphatic rings. The van der Waals surface area contributed by atoms with Crippen molar-refractivity contribution < 1.29 is 22.4 Å². The van der Waals surface area contributed by atoms with E-state index in [1.165, 1.54) is 22.2 Å². The van der Waals surface area contributed by atoms with E-state index in [1.807, 2.05) is 0 Å². The number of imidazole rings is 1. The molecular formula is C21H19AuN2P+. The summed E-state index contributed by atoms with van der Waals surface area (Å²) >= 11 is 0. The fraction of sp³-hybridized carbons (Fsp3) is 0. The van der Waals surface area contributed by atoms with E-state index in [0.29, 0.717) is 0 Å². The van der Waals surface area contributed by atoms with Crippen LogP contribution in [0.2, 0.25) is 0 Å². The molecule has 3 aromatic carbocycles. The normalized spacial score (nSPS) is 9.64. The Hall–Kier alpha value is -1.96. The maximum atomic E-state index is 3.61. The molecule has 0 saturated heterocycles. The van der Waals surface area contributed by atoms with Crippen LogP contribution in [0.25, 0.3) is 0 Å². The Morgan fingerprint density at radius 2 is 1.00 bits per heavy atom. The van der Waals surface area contributed by atoms with E-state index in [-0.39, 0.29) is 22.4 Å². The van der Waals surface area contributed by atoms with Crippen molar-refractivity contribution in [1.82, 2.24) is 9.97 Å². The zero-order valence-corrected chi connectivity index (χ0v) is 16.8. The Morgan fingerprint density at radius 3 is 1.24 bits per heavy atom. The Balaban J connectivity index is 0.000000325. The Labute approximate surface area is 165 Å². The molecule has 0 unspecified atom stereocenters. The quantitative estimate of drug-likeness (QED) is 0.303. The third kappa shape index (κ3) is 5.81. The summed E-state index contributed by atoms with van der Waals surface area (Å²) in [7, 11) is -0.877. The molecule has 4 heteroatoms. The molecule has 2 nitrogen and oxygen atoms in total. The van der Waals surface area contributed by atoms with E-state index in [0.717, 1.165) is 0 Å². The van der Waals surface area contributed by atoms with E-state index in [4.69, 9.17) is 0 Å². The minimum Gasteiger partial charge on any atom is -0.450 e. The van der Waals surface area contributed by atoms with Gasteiger partial charge in [0.05, 0.1) is 7.92 Å². The first-order valence-corrected chi connectivity index (χ1v) is 9.35. The molecule has 0 aliphatic heterocycles. The SMILES string of the molecule is [Au+].c1c[n-]cn1.c1ccc([PH+](c2ccccc2)c2ccccc2)cc1. The number of hydrogen-bond donors (Lipinski definition) is 0. The molecule has 0 aliphatic carbocycles. The zero-order chi connectivity index (χ0) is 16.5. The predicted octanol–water partition coefficient (Wildman–Crippen LogP) is 3.21. The molecule has 0 bridgehead atoms. The maximum Gasteiger partial charge on any atom is 1.00 e. The van der Waals surface area contributed by atoms with Gasteiger partial charge in [0.25, 0.3) is 0 Å². The van der Waals surface area contributed by atoms with Crippen LogP contribution in [0, 0.1) is 0 Å². The molecule has 1 heterocycles. The molecule has 0 radical (unpaired) electrons. The molecule has 0 fully saturated rings. The third-order valence-corrected chi connectivity index (χ3v) is 6.29. The topological polar surface area (TPSA) is 27.0 Å². The zero-order valence-electron chi connectivity index (χ0n) is 13.6. The summed E-state index contributed by atoms with van der Waals surface area (Å²) in [6.07, 6.45) is 4.78. The van der Waals surface area contributed by atoms with E-state index in [1.54, 1.807) is 12.4 Å². The summed E-state index contributed by atoms with van der Waals surface area (Å²) in [5.74, 6) is 0. The van der Waals surface area contributed by atoms with Crippen LogP contribution in [0.5, 0.6) is 0 Å². The third-order valence-electron chi connectivity index (χ3n) is 3.56. The van der Waals surface area contributed by atoms with Crippen LogP contribution in [0.1, 0.15) is 0 Å². The van der Waals surface area contributed by atoms with Gasteiger partial charge in [-0.25, -0.2) is 0 Å². The maximum absolute atomic E-state index is 3.61. The van der Waals surface area contributed by atoms with Gasteiger partial charge in [-0.1, -0.05) is 73.3 Å². The van der Waals surface area contributed by atoms with Gasteiger partial charge in [0.2, 0.25) is 0 Å². The minimum atomic E-state index is -0.877. The Kier molecular flexibility index (Phi) is 8.38. The van der Waals surface area contributed by atoms with Gasteiger partial charge in [-0.2, -0.15) is 0 Å². The molecule has 1 aromatic heterocycles. The van der Waals surface area contributed by atoms with Gasteiger partial charge in [0.15, 0.2) is 0 Å². The fourth-order valence-electron chi connectivity index (χ4n) is 2.51. The van der Waals surface area contributed by atoms with Crippen molar-refractivity contribution in [2.24, 2.45) is 0 Å². The van der Waals surface area contributed by atoms with Crippen LogP contribution < -0.4 is 20.9 Å². The average molecular weight is 527 g/mol. The largest absolute Gasteiger partial charge is 1.00 e. The van der Waals surface area contributed by atoms with Gasteiger partial charge >= 0.3 is 22.4 Å². The molecule has 4 aromatic rings. The first-order valence-electron chi connectivity index (χ1n) is 7.85. The van der Waals surface area contributed by atoms with Crippen LogP contribution >= 0.6 is 7.92 Å². The second-order valence-electron chi connectivity index (χ2n) is 5.18. The Bertz CT molecular complexity index is 695. The summed E-state index contributed by atoms with van der Waals surface area (Å²) < 4.78 is 0. The molecule has 0 N–H and O–H groups in total. The molecule has 25 heavy (non-hydrogen) atoms. The number of aromatic nitrogens is 2. The monoisotopic (exact) mass is 527 g/mol. The molecule has 4 rings (SSSR count). The number of nitrogens with zero attached hydrogens (tertiary/aromatic N) is 2. The minimum absolute atomic E-state index is 0. The summed E-state index contributed by atoms with van der Waals surface area (Å²) in [4.78, 5) is 7.22. The van der Waals surface area contributed by atoms with Crippen LogP contribution in [-0.2, 0) is 22.4 Å². The van der Waals surface area contributed by atoms with Gasteiger partial charge < -0.3 is 9.97 Å². The first-order chi connectivity index (χ1) is 11.9. The summed E-state index contributed by atoms with van der Waals surface area (Å²) in [5.41, 5.74) is 0. The van der Waals surface area contributed by atoms with Crippen molar-refractivity contribution in [3.63, 3.8) is 0 Å². The van der Waals surface area contributed by atoms with Crippen LogP contribution in [0.15, 0.2) is 110 Å². The van der Waals surface area contributed by atoms with Crippen molar-refractivity contribution in [3.8, 4) is 0 Å². The van der Waals surface area contributed by atoms with Gasteiger partial charge in [-0.3, -0.25) is 0 Å². The molecule has 128 valence electrons. The predicted molar refractivity (Wildman–Crippen MR) is 104 cm³/mol. The van der Waals surface area contributed by atoms with Gasteiger partial charge in [0.1, 0.15) is 15.9 Å².